The Morgan fingerprint density at radius 1 is 1.12 bits per heavy atom. The van der Waals surface area contributed by atoms with Crippen molar-refractivity contribution < 1.29 is 19.8 Å². The summed E-state index contributed by atoms with van der Waals surface area (Å²) in [5.74, 6) is 1.52. The van der Waals surface area contributed by atoms with Gasteiger partial charge in [-0.2, -0.15) is 0 Å². The van der Waals surface area contributed by atoms with Crippen LogP contribution in [0.5, 0.6) is 0 Å². The van der Waals surface area contributed by atoms with Gasteiger partial charge < -0.3 is 10.2 Å². The number of rotatable bonds is 2. The molecule has 0 saturated heterocycles. The molecule has 0 aromatic heterocycles. The largest absolute Gasteiger partial charge is 0.393 e. The highest BCUT2D eigenvalue weighted by Gasteiger charge is 2.63. The Morgan fingerprint density at radius 2 is 1.88 bits per heavy atom. The summed E-state index contributed by atoms with van der Waals surface area (Å²) in [5, 5.41) is 19.5. The van der Waals surface area contributed by atoms with E-state index in [2.05, 4.69) is 13.8 Å². The van der Waals surface area contributed by atoms with Crippen LogP contribution in [0.25, 0.3) is 0 Å². The van der Waals surface area contributed by atoms with Crippen LogP contribution in [0.4, 0.5) is 0 Å². The number of carbonyl (C=O) groups excluding carboxylic acids is 2. The number of aliphatic hydroxyl groups excluding tert-OH is 2. The van der Waals surface area contributed by atoms with E-state index in [0.29, 0.717) is 30.0 Å². The molecule has 0 heterocycles. The highest BCUT2D eigenvalue weighted by molar-refractivity contribution is 5.88. The first-order valence-electron chi connectivity index (χ1n) is 10.2. The molecule has 25 heavy (non-hydrogen) atoms. The molecule has 0 radical (unpaired) electrons. The van der Waals surface area contributed by atoms with E-state index < -0.39 is 6.61 Å². The van der Waals surface area contributed by atoms with Crippen molar-refractivity contribution in [2.24, 2.45) is 40.4 Å². The van der Waals surface area contributed by atoms with Gasteiger partial charge in [-0.25, -0.2) is 0 Å². The number of hydrogen-bond donors (Lipinski definition) is 2. The zero-order valence-electron chi connectivity index (χ0n) is 15.5. The first kappa shape index (κ1) is 17.7. The zero-order valence-corrected chi connectivity index (χ0v) is 15.5. The summed E-state index contributed by atoms with van der Waals surface area (Å²) in [4.78, 5) is 25.6. The predicted octanol–water partition coefficient (Wildman–Crippen LogP) is 2.75. The summed E-state index contributed by atoms with van der Waals surface area (Å²) >= 11 is 0. The minimum atomic E-state index is -0.396. The van der Waals surface area contributed by atoms with Crippen molar-refractivity contribution in [1.29, 1.82) is 0 Å². The Bertz CT molecular complexity index is 586. The van der Waals surface area contributed by atoms with E-state index in [0.717, 1.165) is 44.9 Å². The van der Waals surface area contributed by atoms with Crippen LogP contribution in [0.3, 0.4) is 0 Å². The summed E-state index contributed by atoms with van der Waals surface area (Å²) < 4.78 is 0. The Kier molecular flexibility index (Phi) is 4.16. The average Bonchev–Trinajstić information content (AvgIpc) is 2.91. The summed E-state index contributed by atoms with van der Waals surface area (Å²) in [6, 6.07) is 0. The Balaban J connectivity index is 1.66. The lowest BCUT2D eigenvalue weighted by Crippen LogP contribution is -2.58. The quantitative estimate of drug-likeness (QED) is 0.805. The first-order chi connectivity index (χ1) is 11.8. The lowest BCUT2D eigenvalue weighted by Gasteiger charge is -2.59. The van der Waals surface area contributed by atoms with Gasteiger partial charge >= 0.3 is 0 Å². The van der Waals surface area contributed by atoms with Crippen molar-refractivity contribution >= 4 is 11.6 Å². The smallest absolute Gasteiger partial charge is 0.161 e. The van der Waals surface area contributed by atoms with Crippen LogP contribution in [0.2, 0.25) is 0 Å². The Labute approximate surface area is 150 Å². The standard InChI is InChI=1S/C21H32O4/c1-20-8-7-13(23)9-12(20)3-4-14-15-5-6-16(18(25)11-22)21(15,2)10-17(24)19(14)20/h12-16,19,22-23H,3-11H2,1-2H3/t12?,13?,14-,15-,16?,19+,20-,21-/m0/s1. The SMILES string of the molecule is C[C@]12CCC(O)CC1CC[C@@H]1[C@@H]2C(=O)C[C@]2(C)C(C(=O)CO)CC[C@@H]12. The van der Waals surface area contributed by atoms with E-state index in [1.807, 2.05) is 0 Å². The third-order valence-corrected chi connectivity index (χ3v) is 8.87. The molecule has 0 bridgehead atoms. The van der Waals surface area contributed by atoms with Gasteiger partial charge in [0.15, 0.2) is 5.78 Å². The van der Waals surface area contributed by atoms with E-state index >= 15 is 0 Å². The second kappa shape index (κ2) is 5.88. The number of Topliss-reactive ketones (excluding diaryl/α,β-unsaturated/α-hetero) is 2. The molecule has 2 N–H and O–H groups in total. The minimum absolute atomic E-state index is 0.0274. The number of fused-ring (bicyclic) bond motifs is 5. The summed E-state index contributed by atoms with van der Waals surface area (Å²) in [7, 11) is 0. The van der Waals surface area contributed by atoms with Crippen molar-refractivity contribution in [3.8, 4) is 0 Å². The fourth-order valence-electron chi connectivity index (χ4n) is 7.69. The normalized spacial score (nSPS) is 52.2. The monoisotopic (exact) mass is 348 g/mol. The van der Waals surface area contributed by atoms with Crippen LogP contribution in [-0.2, 0) is 9.59 Å². The van der Waals surface area contributed by atoms with Gasteiger partial charge in [-0.1, -0.05) is 13.8 Å². The molecule has 0 amide bonds. The van der Waals surface area contributed by atoms with Gasteiger partial charge in [0.2, 0.25) is 0 Å². The average molecular weight is 348 g/mol. The third-order valence-electron chi connectivity index (χ3n) is 8.87. The molecule has 140 valence electrons. The molecular weight excluding hydrogens is 316 g/mol. The van der Waals surface area contributed by atoms with Gasteiger partial charge in [-0.15, -0.1) is 0 Å². The minimum Gasteiger partial charge on any atom is -0.393 e. The maximum absolute atomic E-state index is 13.3. The molecule has 4 nitrogen and oxygen atoms in total. The molecule has 0 aromatic rings. The second-order valence-corrected chi connectivity index (χ2v) is 9.86. The maximum atomic E-state index is 13.3. The van der Waals surface area contributed by atoms with Crippen molar-refractivity contribution in [3.63, 3.8) is 0 Å². The first-order valence-corrected chi connectivity index (χ1v) is 10.2. The van der Waals surface area contributed by atoms with Crippen molar-refractivity contribution in [2.75, 3.05) is 6.61 Å². The fourth-order valence-corrected chi connectivity index (χ4v) is 7.69. The zero-order chi connectivity index (χ0) is 18.0. The molecule has 4 heteroatoms. The van der Waals surface area contributed by atoms with Gasteiger partial charge in [0.1, 0.15) is 12.4 Å². The number of carbonyl (C=O) groups is 2. The highest BCUT2D eigenvalue weighted by atomic mass is 16.3. The summed E-state index contributed by atoms with van der Waals surface area (Å²) in [5.41, 5.74) is -0.227. The van der Waals surface area contributed by atoms with Gasteiger partial charge in [-0.3, -0.25) is 9.59 Å². The lowest BCUT2D eigenvalue weighted by atomic mass is 9.44. The van der Waals surface area contributed by atoms with E-state index in [4.69, 9.17) is 0 Å². The van der Waals surface area contributed by atoms with Crippen LogP contribution >= 0.6 is 0 Å². The van der Waals surface area contributed by atoms with Crippen LogP contribution in [0, 0.1) is 40.4 Å². The molecule has 3 unspecified atom stereocenters. The van der Waals surface area contributed by atoms with Crippen molar-refractivity contribution in [2.45, 2.75) is 71.3 Å². The molecule has 0 spiro atoms. The molecule has 0 aromatic carbocycles. The number of hydrogen-bond acceptors (Lipinski definition) is 4. The van der Waals surface area contributed by atoms with Gasteiger partial charge in [0, 0.05) is 18.3 Å². The van der Waals surface area contributed by atoms with Gasteiger partial charge in [-0.05, 0) is 73.5 Å². The second-order valence-electron chi connectivity index (χ2n) is 9.86. The van der Waals surface area contributed by atoms with Crippen LogP contribution in [-0.4, -0.2) is 34.5 Å². The van der Waals surface area contributed by atoms with Crippen LogP contribution < -0.4 is 0 Å². The molecule has 4 fully saturated rings. The summed E-state index contributed by atoms with van der Waals surface area (Å²) in [6.45, 7) is 4.04. The van der Waals surface area contributed by atoms with Gasteiger partial charge in [0.05, 0.1) is 6.10 Å². The summed E-state index contributed by atoms with van der Waals surface area (Å²) in [6.07, 6.45) is 6.93. The Morgan fingerprint density at radius 3 is 2.60 bits per heavy atom. The molecular formula is C21H32O4. The van der Waals surface area contributed by atoms with Crippen molar-refractivity contribution in [3.05, 3.63) is 0 Å². The predicted molar refractivity (Wildman–Crippen MR) is 93.7 cm³/mol. The van der Waals surface area contributed by atoms with Crippen molar-refractivity contribution in [1.82, 2.24) is 0 Å². The van der Waals surface area contributed by atoms with Gasteiger partial charge in [0.25, 0.3) is 0 Å². The molecule has 4 aliphatic rings. The molecule has 4 rings (SSSR count). The maximum Gasteiger partial charge on any atom is 0.161 e. The lowest BCUT2D eigenvalue weighted by molar-refractivity contribution is -0.162. The number of aliphatic hydroxyl groups is 2. The van der Waals surface area contributed by atoms with E-state index in [-0.39, 0.29) is 34.6 Å². The van der Waals surface area contributed by atoms with Crippen LogP contribution in [0.15, 0.2) is 0 Å². The number of ketones is 2. The third kappa shape index (κ3) is 2.39. The van der Waals surface area contributed by atoms with E-state index in [1.165, 1.54) is 0 Å². The molecule has 8 atom stereocenters. The molecule has 0 aliphatic heterocycles. The van der Waals surface area contributed by atoms with E-state index in [9.17, 15) is 19.8 Å². The topological polar surface area (TPSA) is 74.6 Å². The molecule has 4 aliphatic carbocycles. The Hall–Kier alpha value is -0.740. The highest BCUT2D eigenvalue weighted by Crippen LogP contribution is 2.66. The molecule has 4 saturated carbocycles. The fraction of sp³-hybridized carbons (Fsp3) is 0.905. The van der Waals surface area contributed by atoms with E-state index in [1.54, 1.807) is 0 Å². The van der Waals surface area contributed by atoms with Crippen LogP contribution in [0.1, 0.15) is 65.2 Å².